The first kappa shape index (κ1) is 28.9. The van der Waals surface area contributed by atoms with E-state index in [0.29, 0.717) is 18.4 Å². The molecule has 0 aromatic carbocycles. The largest absolute Gasteiger partial charge is 0.472 e. The molecule has 11 heteroatoms. The van der Waals surface area contributed by atoms with E-state index in [9.17, 15) is 19.2 Å². The van der Waals surface area contributed by atoms with Gasteiger partial charge in [-0.3, -0.25) is 9.59 Å². The van der Waals surface area contributed by atoms with Crippen LogP contribution in [0.1, 0.15) is 66.1 Å². The SMILES string of the molecule is COC(=O)/C=C/[C@@]12COC(C)(C)[C@@H]1[C@@H](OC(C)=O)[C@@H](OC(C)=O)[C@]1(C)[C@@H]2CC[C@@]2(C)[C@H](c3ccoc3)OC(=O)[C@H]3O[C@@]312. The Morgan fingerprint density at radius 2 is 1.76 bits per heavy atom. The zero-order valence-electron chi connectivity index (χ0n) is 25.0. The van der Waals surface area contributed by atoms with Crippen molar-refractivity contribution in [3.63, 3.8) is 0 Å². The molecule has 0 N–H and O–H groups in total. The van der Waals surface area contributed by atoms with E-state index in [1.807, 2.05) is 33.8 Å². The van der Waals surface area contributed by atoms with Gasteiger partial charge < -0.3 is 32.8 Å². The molecule has 4 heterocycles. The van der Waals surface area contributed by atoms with Crippen LogP contribution in [0.15, 0.2) is 35.2 Å². The second kappa shape index (κ2) is 9.16. The quantitative estimate of drug-likeness (QED) is 0.217. The van der Waals surface area contributed by atoms with Gasteiger partial charge in [0.1, 0.15) is 23.9 Å². The Kier molecular flexibility index (Phi) is 6.31. The van der Waals surface area contributed by atoms with Gasteiger partial charge in [-0.1, -0.05) is 19.9 Å². The summed E-state index contributed by atoms with van der Waals surface area (Å²) in [4.78, 5) is 51.5. The lowest BCUT2D eigenvalue weighted by atomic mass is 9.37. The molecule has 1 aromatic heterocycles. The van der Waals surface area contributed by atoms with Gasteiger partial charge >= 0.3 is 23.9 Å². The third-order valence-electron chi connectivity index (χ3n) is 11.0. The number of ether oxygens (including phenoxy) is 6. The van der Waals surface area contributed by atoms with Crippen LogP contribution < -0.4 is 0 Å². The van der Waals surface area contributed by atoms with E-state index in [1.54, 1.807) is 12.3 Å². The molecule has 1 aromatic rings. The fraction of sp³-hybridized carbons (Fsp3) is 0.677. The summed E-state index contributed by atoms with van der Waals surface area (Å²) >= 11 is 0. The van der Waals surface area contributed by atoms with Gasteiger partial charge in [0.25, 0.3) is 0 Å². The van der Waals surface area contributed by atoms with Crippen LogP contribution in [-0.4, -0.2) is 67.1 Å². The summed E-state index contributed by atoms with van der Waals surface area (Å²) in [5, 5.41) is 0. The van der Waals surface area contributed by atoms with E-state index in [1.165, 1.54) is 33.3 Å². The molecule has 2 saturated carbocycles. The Balaban J connectivity index is 1.62. The number of hydrogen-bond donors (Lipinski definition) is 0. The number of rotatable bonds is 5. The van der Waals surface area contributed by atoms with Crippen LogP contribution in [-0.2, 0) is 47.6 Å². The highest BCUT2D eigenvalue weighted by Gasteiger charge is 2.90. The van der Waals surface area contributed by atoms with Crippen molar-refractivity contribution >= 4 is 23.9 Å². The van der Waals surface area contributed by atoms with Gasteiger partial charge in [0.05, 0.1) is 31.8 Å². The Hall–Kier alpha value is -3.18. The first-order valence-corrected chi connectivity index (χ1v) is 14.4. The fourth-order valence-electron chi connectivity index (χ4n) is 9.67. The van der Waals surface area contributed by atoms with Crippen LogP contribution in [0.5, 0.6) is 0 Å². The number of esters is 4. The number of carbonyl (C=O) groups excluding carboxylic acids is 4. The first-order valence-electron chi connectivity index (χ1n) is 14.4. The van der Waals surface area contributed by atoms with E-state index in [4.69, 9.17) is 32.8 Å². The zero-order valence-corrected chi connectivity index (χ0v) is 25.0. The summed E-state index contributed by atoms with van der Waals surface area (Å²) in [7, 11) is 1.30. The van der Waals surface area contributed by atoms with Crippen molar-refractivity contribution in [2.75, 3.05) is 13.7 Å². The summed E-state index contributed by atoms with van der Waals surface area (Å²) in [6.07, 6.45) is 3.84. The van der Waals surface area contributed by atoms with Gasteiger partial charge in [0, 0.05) is 47.6 Å². The molecule has 6 rings (SSSR count). The Morgan fingerprint density at radius 3 is 2.38 bits per heavy atom. The van der Waals surface area contributed by atoms with Crippen LogP contribution in [0.3, 0.4) is 0 Å². The molecule has 1 spiro atoms. The average Bonchev–Trinajstić information content (AvgIpc) is 3.37. The smallest absolute Gasteiger partial charge is 0.339 e. The zero-order chi connectivity index (χ0) is 30.5. The molecule has 0 bridgehead atoms. The number of cyclic esters (lactones) is 1. The summed E-state index contributed by atoms with van der Waals surface area (Å²) in [6, 6.07) is 1.77. The van der Waals surface area contributed by atoms with Crippen molar-refractivity contribution in [3.05, 3.63) is 36.3 Å². The first-order chi connectivity index (χ1) is 19.7. The van der Waals surface area contributed by atoms with Gasteiger partial charge in [0.15, 0.2) is 6.10 Å². The van der Waals surface area contributed by atoms with E-state index < -0.39 is 81.7 Å². The molecule has 5 aliphatic rings. The maximum atomic E-state index is 13.5. The number of furan rings is 1. The highest BCUT2D eigenvalue weighted by atomic mass is 16.7. The second-order valence-electron chi connectivity index (χ2n) is 13.3. The van der Waals surface area contributed by atoms with Crippen LogP contribution in [0.25, 0.3) is 0 Å². The van der Waals surface area contributed by atoms with Crippen molar-refractivity contribution < 1.29 is 52.0 Å². The van der Waals surface area contributed by atoms with Gasteiger partial charge in [-0.2, -0.15) is 0 Å². The van der Waals surface area contributed by atoms with E-state index in [2.05, 4.69) is 0 Å². The molecule has 3 aliphatic heterocycles. The van der Waals surface area contributed by atoms with Gasteiger partial charge in [-0.15, -0.1) is 0 Å². The lowest BCUT2D eigenvalue weighted by molar-refractivity contribution is -0.274. The molecular formula is C31H38O11. The number of carbonyl (C=O) groups is 4. The Labute approximate surface area is 244 Å². The van der Waals surface area contributed by atoms with Gasteiger partial charge in [-0.25, -0.2) is 9.59 Å². The lowest BCUT2D eigenvalue weighted by Crippen LogP contribution is -2.76. The summed E-state index contributed by atoms with van der Waals surface area (Å²) in [6.45, 7) is 10.6. The van der Waals surface area contributed by atoms with E-state index in [0.717, 1.165) is 0 Å². The van der Waals surface area contributed by atoms with Crippen molar-refractivity contribution in [3.8, 4) is 0 Å². The highest BCUT2D eigenvalue weighted by molar-refractivity contribution is 5.83. The second-order valence-corrected chi connectivity index (χ2v) is 13.3. The predicted molar refractivity (Wildman–Crippen MR) is 142 cm³/mol. The maximum absolute atomic E-state index is 13.5. The van der Waals surface area contributed by atoms with Crippen molar-refractivity contribution in [1.82, 2.24) is 0 Å². The maximum Gasteiger partial charge on any atom is 0.339 e. The molecule has 0 amide bonds. The molecule has 10 atom stereocenters. The normalized spacial score (nSPS) is 44.6. The summed E-state index contributed by atoms with van der Waals surface area (Å²) in [5.74, 6) is -3.02. The lowest BCUT2D eigenvalue weighted by Gasteiger charge is -2.67. The molecule has 0 radical (unpaired) electrons. The van der Waals surface area contributed by atoms with Crippen molar-refractivity contribution in [2.45, 2.75) is 90.0 Å². The van der Waals surface area contributed by atoms with E-state index >= 15 is 0 Å². The average molecular weight is 587 g/mol. The molecule has 3 saturated heterocycles. The minimum atomic E-state index is -1.16. The summed E-state index contributed by atoms with van der Waals surface area (Å²) in [5.41, 5.74) is -4.05. The Morgan fingerprint density at radius 1 is 1.05 bits per heavy atom. The van der Waals surface area contributed by atoms with Crippen molar-refractivity contribution in [2.24, 2.45) is 28.1 Å². The minimum Gasteiger partial charge on any atom is -0.472 e. The number of methoxy groups -OCH3 is 1. The van der Waals surface area contributed by atoms with Crippen molar-refractivity contribution in [1.29, 1.82) is 0 Å². The fourth-order valence-corrected chi connectivity index (χ4v) is 9.67. The standard InChI is InChI=1S/C31H38O11/c1-16(32)39-21-22-27(3,4)38-15-30(22,12-9-20(34)36-7)19-8-11-28(5)23(18-10-13-37-14-18)41-26(35)25-31(28,42-25)29(19,6)24(21)40-17(2)33/h9-10,12-14,19,21-25H,8,11,15H2,1-7H3/b12-9+/t19-,21+,22-,23-,24+,25+,28-,29-,30-,31+/m0/s1. The highest BCUT2D eigenvalue weighted by Crippen LogP contribution is 2.80. The topological polar surface area (TPSA) is 140 Å². The number of hydrogen-bond acceptors (Lipinski definition) is 11. The molecule has 42 heavy (non-hydrogen) atoms. The number of fused-ring (bicyclic) bond motifs is 3. The van der Waals surface area contributed by atoms with Gasteiger partial charge in [-0.05, 0) is 38.7 Å². The van der Waals surface area contributed by atoms with Crippen LogP contribution in [0, 0.1) is 28.1 Å². The summed E-state index contributed by atoms with van der Waals surface area (Å²) < 4.78 is 41.6. The number of epoxide rings is 1. The third kappa shape index (κ3) is 3.52. The molecule has 0 unspecified atom stereocenters. The minimum absolute atomic E-state index is 0.204. The molecule has 5 fully saturated rings. The van der Waals surface area contributed by atoms with Gasteiger partial charge in [0.2, 0.25) is 0 Å². The van der Waals surface area contributed by atoms with Crippen LogP contribution in [0.2, 0.25) is 0 Å². The molecular weight excluding hydrogens is 548 g/mol. The molecule has 228 valence electrons. The van der Waals surface area contributed by atoms with Crippen LogP contribution in [0.4, 0.5) is 0 Å². The van der Waals surface area contributed by atoms with E-state index in [-0.39, 0.29) is 12.5 Å². The third-order valence-corrected chi connectivity index (χ3v) is 11.0. The monoisotopic (exact) mass is 586 g/mol. The molecule has 2 aliphatic carbocycles. The van der Waals surface area contributed by atoms with Crippen LogP contribution >= 0.6 is 0 Å². The molecule has 11 nitrogen and oxygen atoms in total. The Bertz CT molecular complexity index is 1350. The predicted octanol–water partition coefficient (Wildman–Crippen LogP) is 3.46.